The fraction of sp³-hybridized carbons (Fsp3) is 0.522. The lowest BCUT2D eigenvalue weighted by atomic mass is 9.32. The van der Waals surface area contributed by atoms with Crippen LogP contribution in [-0.4, -0.2) is 71.6 Å². The summed E-state index contributed by atoms with van der Waals surface area (Å²) >= 11 is 0. The highest BCUT2D eigenvalue weighted by Crippen LogP contribution is 2.78. The van der Waals surface area contributed by atoms with E-state index in [-0.39, 0.29) is 35.7 Å². The Bertz CT molecular complexity index is 2040. The number of allylic oxidation sites excluding steroid dienone is 4. The summed E-state index contributed by atoms with van der Waals surface area (Å²) < 4.78 is 17.5. The first kappa shape index (κ1) is 35.7. The molecule has 8 nitrogen and oxygen atoms in total. The molecular formula is C46H53NO7. The van der Waals surface area contributed by atoms with Crippen molar-refractivity contribution in [1.29, 1.82) is 0 Å². The van der Waals surface area contributed by atoms with Crippen LogP contribution in [0.1, 0.15) is 82.0 Å². The van der Waals surface area contributed by atoms with Crippen LogP contribution in [0.2, 0.25) is 0 Å². The zero-order valence-corrected chi connectivity index (χ0v) is 31.8. The van der Waals surface area contributed by atoms with Gasteiger partial charge >= 0.3 is 6.09 Å². The Kier molecular flexibility index (Phi) is 8.46. The Morgan fingerprint density at radius 2 is 1.59 bits per heavy atom. The predicted octanol–water partition coefficient (Wildman–Crippen LogP) is 8.30. The van der Waals surface area contributed by atoms with E-state index in [1.54, 1.807) is 12.0 Å². The van der Waals surface area contributed by atoms with Gasteiger partial charge in [0, 0.05) is 34.0 Å². The van der Waals surface area contributed by atoms with Gasteiger partial charge in [-0.1, -0.05) is 62.4 Å². The maximum atomic E-state index is 14.9. The molecule has 7 aliphatic rings. The molecule has 2 N–H and O–H groups in total. The van der Waals surface area contributed by atoms with Crippen molar-refractivity contribution in [3.8, 4) is 11.5 Å². The number of ether oxygens (including phenoxy) is 3. The van der Waals surface area contributed by atoms with E-state index in [1.165, 1.54) is 0 Å². The molecule has 0 aromatic heterocycles. The van der Waals surface area contributed by atoms with Crippen LogP contribution < -0.4 is 9.47 Å². The van der Waals surface area contributed by atoms with E-state index in [0.29, 0.717) is 43.1 Å². The molecule has 1 heterocycles. The van der Waals surface area contributed by atoms with Crippen LogP contribution in [0.15, 0.2) is 90.5 Å². The topological polar surface area (TPSA) is 106 Å². The lowest BCUT2D eigenvalue weighted by molar-refractivity contribution is -0.175. The smallest absolute Gasteiger partial charge is 0.415 e. The molecule has 3 saturated carbocycles. The maximum absolute atomic E-state index is 14.9. The lowest BCUT2D eigenvalue weighted by Gasteiger charge is -2.71. The van der Waals surface area contributed by atoms with Gasteiger partial charge in [0.25, 0.3) is 0 Å². The third-order valence-corrected chi connectivity index (χ3v) is 15.4. The van der Waals surface area contributed by atoms with Crippen molar-refractivity contribution in [3.63, 3.8) is 0 Å². The molecule has 4 fully saturated rings. The van der Waals surface area contributed by atoms with Gasteiger partial charge in [-0.3, -0.25) is 4.79 Å². The number of methoxy groups -OCH3 is 1. The average Bonchev–Trinajstić information content (AvgIpc) is 3.79. The van der Waals surface area contributed by atoms with Gasteiger partial charge in [-0.15, -0.1) is 0 Å². The van der Waals surface area contributed by atoms with Gasteiger partial charge in [0.2, 0.25) is 0 Å². The summed E-state index contributed by atoms with van der Waals surface area (Å²) in [5.41, 5.74) is -1.56. The van der Waals surface area contributed by atoms with E-state index in [9.17, 15) is 19.8 Å². The minimum absolute atomic E-state index is 0.00662. The highest BCUT2D eigenvalue weighted by Gasteiger charge is 2.74. The van der Waals surface area contributed by atoms with Crippen LogP contribution >= 0.6 is 0 Å². The second kappa shape index (κ2) is 12.8. The molecule has 2 spiro atoms. The van der Waals surface area contributed by atoms with Crippen molar-refractivity contribution < 1.29 is 34.0 Å². The number of nitrogens with zero attached hydrogens (tertiary/aromatic N) is 1. The summed E-state index contributed by atoms with van der Waals surface area (Å²) in [6, 6.07) is 21.0. The Morgan fingerprint density at radius 1 is 0.870 bits per heavy atom. The number of rotatable bonds is 8. The first-order chi connectivity index (χ1) is 25.9. The zero-order chi connectivity index (χ0) is 37.5. The molecule has 3 aromatic rings. The van der Waals surface area contributed by atoms with Crippen molar-refractivity contribution in [2.45, 2.75) is 89.4 Å². The summed E-state index contributed by atoms with van der Waals surface area (Å²) in [6.45, 7) is 5.72. The number of carbonyl (C=O) groups is 2. The summed E-state index contributed by atoms with van der Waals surface area (Å²) in [4.78, 5) is 30.8. The molecule has 1 amide bonds. The highest BCUT2D eigenvalue weighted by atomic mass is 16.6. The third kappa shape index (κ3) is 5.19. The molecule has 3 aromatic carbocycles. The quantitative estimate of drug-likeness (QED) is 0.177. The molecule has 1 aliphatic heterocycles. The number of hydrogen-bond acceptors (Lipinski definition) is 7. The average molecular weight is 732 g/mol. The number of Topliss-reactive ketones (excluding diaryl/α,β-unsaturated/α-hetero) is 1. The molecular weight excluding hydrogens is 679 g/mol. The minimum atomic E-state index is -1.23. The molecule has 284 valence electrons. The Labute approximate surface area is 318 Å². The van der Waals surface area contributed by atoms with Gasteiger partial charge in [-0.25, -0.2) is 4.79 Å². The molecule has 1 saturated heterocycles. The summed E-state index contributed by atoms with van der Waals surface area (Å²) in [5, 5.41) is 26.2. The second-order valence-electron chi connectivity index (χ2n) is 17.8. The van der Waals surface area contributed by atoms with Gasteiger partial charge in [0.1, 0.15) is 11.5 Å². The Morgan fingerprint density at radius 3 is 2.35 bits per heavy atom. The molecule has 6 aliphatic carbocycles. The fourth-order valence-corrected chi connectivity index (χ4v) is 12.4. The van der Waals surface area contributed by atoms with Crippen LogP contribution in [-0.2, 0) is 4.74 Å². The van der Waals surface area contributed by atoms with Crippen LogP contribution in [0.4, 0.5) is 4.79 Å². The van der Waals surface area contributed by atoms with Crippen molar-refractivity contribution in [1.82, 2.24) is 4.90 Å². The van der Waals surface area contributed by atoms with Crippen LogP contribution in [0.5, 0.6) is 11.5 Å². The second-order valence-corrected chi connectivity index (χ2v) is 17.8. The molecule has 9 atom stereocenters. The number of aliphatic hydroxyl groups is 2. The number of hydrogen-bond donors (Lipinski definition) is 2. The monoisotopic (exact) mass is 731 g/mol. The number of fused-ring (bicyclic) bond motifs is 2. The van der Waals surface area contributed by atoms with Gasteiger partial charge in [0.15, 0.2) is 5.78 Å². The summed E-state index contributed by atoms with van der Waals surface area (Å²) in [7, 11) is 1.62. The number of carbonyl (C=O) groups excluding carboxylic acids is 2. The largest absolute Gasteiger partial charge is 0.497 e. The maximum Gasteiger partial charge on any atom is 0.415 e. The van der Waals surface area contributed by atoms with E-state index < -0.39 is 34.0 Å². The summed E-state index contributed by atoms with van der Waals surface area (Å²) in [5.74, 6) is 1.30. The fourth-order valence-electron chi connectivity index (χ4n) is 12.4. The predicted molar refractivity (Wildman–Crippen MR) is 206 cm³/mol. The van der Waals surface area contributed by atoms with Crippen molar-refractivity contribution in [2.75, 3.05) is 26.8 Å². The minimum Gasteiger partial charge on any atom is -0.497 e. The van der Waals surface area contributed by atoms with Crippen molar-refractivity contribution in [3.05, 3.63) is 96.1 Å². The Hall–Kier alpha value is -3.98. The SMILES string of the molecule is COc1ccc(C(=O)C2=C[C@@]34C=C[C@@]25[C@@H]2CC[C@@](O)(CN(C[C@H]6CCCO6)C(=O)Oc6ccc7ccccc7c6)[C@@]2(C)CC[C@@H]5[C@@]3(C)CCC(O)C4)cc1. The van der Waals surface area contributed by atoms with Gasteiger partial charge in [-0.2, -0.15) is 0 Å². The Balaban J connectivity index is 1.08. The molecule has 54 heavy (non-hydrogen) atoms. The van der Waals surface area contributed by atoms with Gasteiger partial charge in [0.05, 0.1) is 38.0 Å². The number of benzene rings is 3. The third-order valence-electron chi connectivity index (χ3n) is 15.4. The van der Waals surface area contributed by atoms with E-state index in [2.05, 4.69) is 32.1 Å². The summed E-state index contributed by atoms with van der Waals surface area (Å²) in [6.07, 6.45) is 12.7. The van der Waals surface area contributed by atoms with Gasteiger partial charge in [-0.05, 0) is 122 Å². The molecule has 10 rings (SSSR count). The lowest BCUT2D eigenvalue weighted by Crippen LogP contribution is -2.67. The molecule has 1 unspecified atom stereocenters. The molecule has 8 heteroatoms. The van der Waals surface area contributed by atoms with E-state index in [1.807, 2.05) is 66.7 Å². The van der Waals surface area contributed by atoms with Crippen molar-refractivity contribution in [2.24, 2.45) is 33.5 Å². The highest BCUT2D eigenvalue weighted by molar-refractivity contribution is 6.10. The number of aliphatic hydroxyl groups excluding tert-OH is 1. The molecule has 0 radical (unpaired) electrons. The van der Waals surface area contributed by atoms with Crippen LogP contribution in [0.3, 0.4) is 0 Å². The van der Waals surface area contributed by atoms with E-state index in [4.69, 9.17) is 14.2 Å². The normalized spacial score (nSPS) is 37.6. The number of ketones is 1. The van der Waals surface area contributed by atoms with Crippen molar-refractivity contribution >= 4 is 22.6 Å². The standard InChI is InChI=1S/C46H53NO7/c1-42-19-16-33(48)26-44(42)22-23-46(37(27-44)40(49)31-11-13-34(52-3)14-12-31)38(42)17-20-43(2)39(46)18-21-45(43,51)29-47(28-36-9-6-24-53-36)41(50)54-35-15-10-30-7-4-5-8-32(30)25-35/h4-5,7-8,10-15,22-23,25,27,33,36,38-39,48,51H,6,9,16-21,24,26,28-29H2,1-3H3/t33?,36-,38-,39-,42-,43+,44+,45-,46-/m1/s1. The first-order valence-corrected chi connectivity index (χ1v) is 20.0. The van der Waals surface area contributed by atoms with E-state index in [0.717, 1.165) is 61.3 Å². The van der Waals surface area contributed by atoms with Gasteiger partial charge < -0.3 is 29.3 Å². The van der Waals surface area contributed by atoms with Crippen LogP contribution in [0, 0.1) is 33.5 Å². The number of amides is 1. The van der Waals surface area contributed by atoms with Crippen LogP contribution in [0.25, 0.3) is 10.8 Å². The first-order valence-electron chi connectivity index (χ1n) is 20.0. The molecule has 2 bridgehead atoms. The van der Waals surface area contributed by atoms with E-state index >= 15 is 0 Å². The zero-order valence-electron chi connectivity index (χ0n) is 31.8.